The summed E-state index contributed by atoms with van der Waals surface area (Å²) in [4.78, 5) is 13.4. The molecule has 0 spiro atoms. The van der Waals surface area contributed by atoms with E-state index in [1.165, 1.54) is 0 Å². The summed E-state index contributed by atoms with van der Waals surface area (Å²) in [6.07, 6.45) is 3.57. The third kappa shape index (κ3) is 5.34. The van der Waals surface area contributed by atoms with E-state index in [1.807, 2.05) is 42.5 Å². The lowest BCUT2D eigenvalue weighted by Crippen LogP contribution is -2.54. The summed E-state index contributed by atoms with van der Waals surface area (Å²) in [5.74, 6) is 0.948. The van der Waals surface area contributed by atoms with Gasteiger partial charge < -0.3 is 20.1 Å². The highest BCUT2D eigenvalue weighted by Crippen LogP contribution is 2.36. The SMILES string of the molecule is Cl.O=C(N[C@H]1CCCNC1)C1(c2ccc(OCc3ccccc3)cc2)CCOCC1. The smallest absolute Gasteiger partial charge is 0.231 e. The van der Waals surface area contributed by atoms with Crippen molar-refractivity contribution in [1.82, 2.24) is 10.6 Å². The summed E-state index contributed by atoms with van der Waals surface area (Å²) < 4.78 is 11.5. The monoisotopic (exact) mass is 430 g/mol. The van der Waals surface area contributed by atoms with Crippen molar-refractivity contribution in [2.75, 3.05) is 26.3 Å². The van der Waals surface area contributed by atoms with Crippen molar-refractivity contribution < 1.29 is 14.3 Å². The van der Waals surface area contributed by atoms with Crippen molar-refractivity contribution in [3.8, 4) is 5.75 Å². The van der Waals surface area contributed by atoms with Crippen molar-refractivity contribution in [2.45, 2.75) is 43.7 Å². The molecule has 162 valence electrons. The number of carbonyl (C=O) groups is 1. The maximum absolute atomic E-state index is 13.4. The molecular formula is C24H31ClN2O3. The molecule has 0 aliphatic carbocycles. The first-order valence-electron chi connectivity index (χ1n) is 10.6. The second kappa shape index (κ2) is 10.8. The molecule has 0 radical (unpaired) electrons. The fourth-order valence-electron chi connectivity index (χ4n) is 4.28. The molecule has 1 atom stereocenters. The van der Waals surface area contributed by atoms with E-state index in [0.29, 0.717) is 32.7 Å². The summed E-state index contributed by atoms with van der Waals surface area (Å²) in [6.45, 7) is 3.65. The number of halogens is 1. The number of carbonyl (C=O) groups excluding carboxylic acids is 1. The van der Waals surface area contributed by atoms with Crippen molar-refractivity contribution >= 4 is 18.3 Å². The number of rotatable bonds is 6. The summed E-state index contributed by atoms with van der Waals surface area (Å²) in [5.41, 5.74) is 1.67. The van der Waals surface area contributed by atoms with Crippen molar-refractivity contribution in [3.63, 3.8) is 0 Å². The van der Waals surface area contributed by atoms with Crippen LogP contribution >= 0.6 is 12.4 Å². The molecule has 2 aromatic carbocycles. The molecule has 4 rings (SSSR count). The predicted octanol–water partition coefficient (Wildman–Crippen LogP) is 3.60. The highest BCUT2D eigenvalue weighted by atomic mass is 35.5. The van der Waals surface area contributed by atoms with Crippen LogP contribution in [0.15, 0.2) is 54.6 Å². The van der Waals surface area contributed by atoms with Gasteiger partial charge in [0.2, 0.25) is 5.91 Å². The summed E-state index contributed by atoms with van der Waals surface area (Å²) in [7, 11) is 0. The normalized spacial score (nSPS) is 20.6. The Balaban J connectivity index is 0.00000256. The average Bonchev–Trinajstić information content (AvgIpc) is 2.80. The molecule has 6 heteroatoms. The van der Waals surface area contributed by atoms with Crippen LogP contribution in [0.5, 0.6) is 5.75 Å². The van der Waals surface area contributed by atoms with Crippen LogP contribution in [0.25, 0.3) is 0 Å². The van der Waals surface area contributed by atoms with Crippen LogP contribution in [0.3, 0.4) is 0 Å². The Labute approximate surface area is 184 Å². The molecule has 2 N–H and O–H groups in total. The highest BCUT2D eigenvalue weighted by molar-refractivity contribution is 5.88. The summed E-state index contributed by atoms with van der Waals surface area (Å²) in [5, 5.41) is 6.68. The maximum atomic E-state index is 13.4. The Hall–Kier alpha value is -2.08. The van der Waals surface area contributed by atoms with Crippen LogP contribution in [0.4, 0.5) is 0 Å². The number of benzene rings is 2. The molecule has 2 aliphatic rings. The topological polar surface area (TPSA) is 59.6 Å². The minimum absolute atomic E-state index is 0. The first-order chi connectivity index (χ1) is 14.3. The molecule has 1 amide bonds. The van der Waals surface area contributed by atoms with E-state index in [1.54, 1.807) is 0 Å². The van der Waals surface area contributed by atoms with E-state index >= 15 is 0 Å². The molecule has 2 aliphatic heterocycles. The minimum Gasteiger partial charge on any atom is -0.489 e. The van der Waals surface area contributed by atoms with E-state index in [-0.39, 0.29) is 24.4 Å². The summed E-state index contributed by atoms with van der Waals surface area (Å²) in [6, 6.07) is 18.4. The van der Waals surface area contributed by atoms with Crippen LogP contribution in [0.2, 0.25) is 0 Å². The lowest BCUT2D eigenvalue weighted by molar-refractivity contribution is -0.131. The quantitative estimate of drug-likeness (QED) is 0.735. The minimum atomic E-state index is -0.520. The first-order valence-corrected chi connectivity index (χ1v) is 10.6. The van der Waals surface area contributed by atoms with Gasteiger partial charge >= 0.3 is 0 Å². The number of ether oxygens (including phenoxy) is 2. The van der Waals surface area contributed by atoms with Gasteiger partial charge in [0.1, 0.15) is 12.4 Å². The Kier molecular flexibility index (Phi) is 8.14. The van der Waals surface area contributed by atoms with Crippen LogP contribution in [-0.4, -0.2) is 38.3 Å². The maximum Gasteiger partial charge on any atom is 0.231 e. The molecule has 30 heavy (non-hydrogen) atoms. The van der Waals surface area contributed by atoms with Gasteiger partial charge in [-0.15, -0.1) is 12.4 Å². The van der Waals surface area contributed by atoms with Crippen LogP contribution < -0.4 is 15.4 Å². The molecule has 2 heterocycles. The van der Waals surface area contributed by atoms with Gasteiger partial charge in [0.15, 0.2) is 0 Å². The number of hydrogen-bond acceptors (Lipinski definition) is 4. The van der Waals surface area contributed by atoms with E-state index < -0.39 is 5.41 Å². The fraction of sp³-hybridized carbons (Fsp3) is 0.458. The van der Waals surface area contributed by atoms with E-state index in [9.17, 15) is 4.79 Å². The zero-order valence-corrected chi connectivity index (χ0v) is 18.1. The van der Waals surface area contributed by atoms with Gasteiger partial charge in [-0.1, -0.05) is 42.5 Å². The summed E-state index contributed by atoms with van der Waals surface area (Å²) >= 11 is 0. The predicted molar refractivity (Wildman–Crippen MR) is 120 cm³/mol. The number of piperidine rings is 1. The Morgan fingerprint density at radius 2 is 1.83 bits per heavy atom. The third-order valence-electron chi connectivity index (χ3n) is 6.07. The molecule has 0 bridgehead atoms. The Bertz CT molecular complexity index is 786. The zero-order chi connectivity index (χ0) is 19.9. The average molecular weight is 431 g/mol. The van der Waals surface area contributed by atoms with Gasteiger partial charge in [0.25, 0.3) is 0 Å². The van der Waals surface area contributed by atoms with Gasteiger partial charge in [-0.25, -0.2) is 0 Å². The first kappa shape index (κ1) is 22.6. The van der Waals surface area contributed by atoms with Crippen LogP contribution in [-0.2, 0) is 21.6 Å². The molecule has 2 fully saturated rings. The molecule has 0 aromatic heterocycles. The van der Waals surface area contributed by atoms with Gasteiger partial charge in [-0.05, 0) is 55.5 Å². The van der Waals surface area contributed by atoms with Crippen molar-refractivity contribution in [1.29, 1.82) is 0 Å². The molecular weight excluding hydrogens is 400 g/mol. The Morgan fingerprint density at radius 3 is 2.50 bits per heavy atom. The standard InChI is InChI=1S/C24H30N2O3.ClH/c27-23(26-21-7-4-14-25-17-21)24(12-15-28-16-13-24)20-8-10-22(11-9-20)29-18-19-5-2-1-3-6-19;/h1-3,5-6,8-11,21,25H,4,7,12-18H2,(H,26,27);1H/t21-;/m0./s1. The Morgan fingerprint density at radius 1 is 1.10 bits per heavy atom. The van der Waals surface area contributed by atoms with Gasteiger partial charge in [0, 0.05) is 25.8 Å². The molecule has 2 aromatic rings. The van der Waals surface area contributed by atoms with Gasteiger partial charge in [0.05, 0.1) is 5.41 Å². The van der Waals surface area contributed by atoms with Crippen LogP contribution in [0, 0.1) is 0 Å². The zero-order valence-electron chi connectivity index (χ0n) is 17.3. The molecule has 2 saturated heterocycles. The number of hydrogen-bond donors (Lipinski definition) is 2. The van der Waals surface area contributed by atoms with E-state index in [2.05, 4.69) is 22.8 Å². The molecule has 0 unspecified atom stereocenters. The number of amides is 1. The molecule has 0 saturated carbocycles. The lowest BCUT2D eigenvalue weighted by Gasteiger charge is -2.38. The largest absolute Gasteiger partial charge is 0.489 e. The fourth-order valence-corrected chi connectivity index (χ4v) is 4.28. The number of nitrogens with one attached hydrogen (secondary N) is 2. The highest BCUT2D eigenvalue weighted by Gasteiger charge is 2.42. The van der Waals surface area contributed by atoms with E-state index in [4.69, 9.17) is 9.47 Å². The lowest BCUT2D eigenvalue weighted by atomic mass is 9.73. The van der Waals surface area contributed by atoms with Crippen molar-refractivity contribution in [3.05, 3.63) is 65.7 Å². The molecule has 5 nitrogen and oxygen atoms in total. The third-order valence-corrected chi connectivity index (χ3v) is 6.07. The van der Waals surface area contributed by atoms with E-state index in [0.717, 1.165) is 42.8 Å². The second-order valence-electron chi connectivity index (χ2n) is 8.01. The van der Waals surface area contributed by atoms with Crippen LogP contribution in [0.1, 0.15) is 36.8 Å². The van der Waals surface area contributed by atoms with Gasteiger partial charge in [-0.3, -0.25) is 4.79 Å². The van der Waals surface area contributed by atoms with Gasteiger partial charge in [-0.2, -0.15) is 0 Å². The second-order valence-corrected chi connectivity index (χ2v) is 8.01. The van der Waals surface area contributed by atoms with Crippen molar-refractivity contribution in [2.24, 2.45) is 0 Å².